The topological polar surface area (TPSA) is 21.3 Å². The first kappa shape index (κ1) is 13.3. The lowest BCUT2D eigenvalue weighted by Crippen LogP contribution is -2.43. The molecule has 3 rings (SSSR count). The molecule has 1 saturated carbocycles. The van der Waals surface area contributed by atoms with Crippen molar-refractivity contribution in [1.29, 1.82) is 0 Å². The Bertz CT molecular complexity index is 452. The second kappa shape index (κ2) is 5.34. The average Bonchev–Trinajstić information content (AvgIpc) is 2.64. The van der Waals surface area contributed by atoms with Crippen LogP contribution in [0.15, 0.2) is 18.2 Å². The lowest BCUT2D eigenvalue weighted by atomic mass is 9.82. The zero-order valence-corrected chi connectivity index (χ0v) is 12.3. The number of ether oxygens (including phenoxy) is 1. The van der Waals surface area contributed by atoms with Crippen molar-refractivity contribution in [1.82, 2.24) is 5.32 Å². The molecule has 0 saturated heterocycles. The standard InChI is InChI=1S/C16H22ClNO/c1-18-14-11-16(8-4-2-3-5-9-16)19-15-7-6-12(17)10-13(14)15/h6-7,10,14,18H,2-5,8-9,11H2,1H3. The average molecular weight is 280 g/mol. The number of fused-ring (bicyclic) bond motifs is 1. The molecule has 1 spiro atoms. The molecule has 2 nitrogen and oxygen atoms in total. The number of nitrogens with one attached hydrogen (secondary N) is 1. The molecule has 1 aromatic carbocycles. The molecule has 19 heavy (non-hydrogen) atoms. The van der Waals surface area contributed by atoms with Crippen molar-refractivity contribution < 1.29 is 4.74 Å². The van der Waals surface area contributed by atoms with Gasteiger partial charge in [0, 0.05) is 23.0 Å². The van der Waals surface area contributed by atoms with Gasteiger partial charge in [-0.15, -0.1) is 0 Å². The molecule has 1 heterocycles. The monoisotopic (exact) mass is 279 g/mol. The van der Waals surface area contributed by atoms with Gasteiger partial charge in [-0.25, -0.2) is 0 Å². The van der Waals surface area contributed by atoms with Crippen LogP contribution in [0.5, 0.6) is 5.75 Å². The zero-order chi connectivity index (χ0) is 13.3. The number of hydrogen-bond donors (Lipinski definition) is 1. The third-order valence-electron chi connectivity index (χ3n) is 4.61. The lowest BCUT2D eigenvalue weighted by Gasteiger charge is -2.42. The third kappa shape index (κ3) is 2.61. The summed E-state index contributed by atoms with van der Waals surface area (Å²) in [6.07, 6.45) is 8.72. The molecule has 104 valence electrons. The van der Waals surface area contributed by atoms with Gasteiger partial charge < -0.3 is 10.1 Å². The Balaban J connectivity index is 1.94. The summed E-state index contributed by atoms with van der Waals surface area (Å²) in [6, 6.07) is 6.37. The summed E-state index contributed by atoms with van der Waals surface area (Å²) in [5.41, 5.74) is 1.26. The molecule has 0 radical (unpaired) electrons. The van der Waals surface area contributed by atoms with E-state index in [9.17, 15) is 0 Å². The number of benzene rings is 1. The maximum absolute atomic E-state index is 6.43. The van der Waals surface area contributed by atoms with Crippen LogP contribution in [0.25, 0.3) is 0 Å². The largest absolute Gasteiger partial charge is 0.487 e. The zero-order valence-electron chi connectivity index (χ0n) is 11.5. The van der Waals surface area contributed by atoms with Gasteiger partial charge in [0.05, 0.1) is 0 Å². The highest BCUT2D eigenvalue weighted by Crippen LogP contribution is 2.45. The molecule has 1 unspecified atom stereocenters. The number of halogens is 1. The van der Waals surface area contributed by atoms with E-state index < -0.39 is 0 Å². The molecule has 1 aliphatic heterocycles. The molecule has 1 N–H and O–H groups in total. The Labute approximate surface area is 120 Å². The Hall–Kier alpha value is -0.730. The minimum absolute atomic E-state index is 0.0466. The van der Waals surface area contributed by atoms with Crippen molar-refractivity contribution in [2.24, 2.45) is 0 Å². The fourth-order valence-corrected chi connectivity index (χ4v) is 3.76. The summed E-state index contributed by atoms with van der Waals surface area (Å²) < 4.78 is 6.43. The van der Waals surface area contributed by atoms with Crippen LogP contribution in [0, 0.1) is 0 Å². The molecule has 2 aliphatic rings. The Morgan fingerprint density at radius 1 is 1.21 bits per heavy atom. The van der Waals surface area contributed by atoms with Gasteiger partial charge in [0.15, 0.2) is 0 Å². The smallest absolute Gasteiger partial charge is 0.125 e. The predicted octanol–water partition coefficient (Wildman–Crippen LogP) is 4.48. The van der Waals surface area contributed by atoms with E-state index in [2.05, 4.69) is 5.32 Å². The van der Waals surface area contributed by atoms with Crippen LogP contribution < -0.4 is 10.1 Å². The van der Waals surface area contributed by atoms with Gasteiger partial charge in [0.25, 0.3) is 0 Å². The minimum Gasteiger partial charge on any atom is -0.487 e. The van der Waals surface area contributed by atoms with Gasteiger partial charge >= 0.3 is 0 Å². The molecule has 3 heteroatoms. The molecule has 0 aromatic heterocycles. The predicted molar refractivity (Wildman–Crippen MR) is 78.9 cm³/mol. The van der Waals surface area contributed by atoms with E-state index in [0.717, 1.165) is 17.2 Å². The van der Waals surface area contributed by atoms with E-state index in [0.29, 0.717) is 6.04 Å². The summed E-state index contributed by atoms with van der Waals surface area (Å²) in [6.45, 7) is 0. The van der Waals surface area contributed by atoms with Crippen LogP contribution in [0.1, 0.15) is 56.6 Å². The summed E-state index contributed by atoms with van der Waals surface area (Å²) >= 11 is 6.12. The molecule has 1 aromatic rings. The van der Waals surface area contributed by atoms with Crippen molar-refractivity contribution in [3.05, 3.63) is 28.8 Å². The fourth-order valence-electron chi connectivity index (χ4n) is 3.58. The van der Waals surface area contributed by atoms with Crippen LogP contribution in [-0.2, 0) is 0 Å². The third-order valence-corrected chi connectivity index (χ3v) is 4.85. The minimum atomic E-state index is 0.0466. The van der Waals surface area contributed by atoms with Crippen molar-refractivity contribution in [2.75, 3.05) is 7.05 Å². The summed E-state index contributed by atoms with van der Waals surface area (Å²) in [5.74, 6) is 1.02. The molecule has 1 atom stereocenters. The highest BCUT2D eigenvalue weighted by molar-refractivity contribution is 6.30. The summed E-state index contributed by atoms with van der Waals surface area (Å²) in [7, 11) is 2.03. The summed E-state index contributed by atoms with van der Waals surface area (Å²) in [5, 5.41) is 4.23. The van der Waals surface area contributed by atoms with Gasteiger partial charge in [-0.1, -0.05) is 24.4 Å². The van der Waals surface area contributed by atoms with Gasteiger partial charge in [0.1, 0.15) is 11.4 Å². The van der Waals surface area contributed by atoms with Gasteiger partial charge in [-0.05, 0) is 50.9 Å². The fraction of sp³-hybridized carbons (Fsp3) is 0.625. The van der Waals surface area contributed by atoms with Gasteiger partial charge in [-0.3, -0.25) is 0 Å². The van der Waals surface area contributed by atoms with Crippen molar-refractivity contribution in [3.8, 4) is 5.75 Å². The molecular formula is C16H22ClNO. The Morgan fingerprint density at radius 2 is 1.95 bits per heavy atom. The maximum atomic E-state index is 6.43. The molecule has 1 fully saturated rings. The first-order chi connectivity index (χ1) is 9.22. The lowest BCUT2D eigenvalue weighted by molar-refractivity contribution is 0.0172. The van der Waals surface area contributed by atoms with Gasteiger partial charge in [0.2, 0.25) is 0 Å². The SMILES string of the molecule is CNC1CC2(CCCCCC2)Oc2ccc(Cl)cc21. The second-order valence-electron chi connectivity index (χ2n) is 5.93. The number of rotatable bonds is 1. The van der Waals surface area contributed by atoms with E-state index in [1.165, 1.54) is 44.1 Å². The molecule has 1 aliphatic carbocycles. The van der Waals surface area contributed by atoms with Crippen LogP contribution in [0.3, 0.4) is 0 Å². The maximum Gasteiger partial charge on any atom is 0.125 e. The van der Waals surface area contributed by atoms with E-state index >= 15 is 0 Å². The van der Waals surface area contributed by atoms with Crippen LogP contribution >= 0.6 is 11.6 Å². The Morgan fingerprint density at radius 3 is 2.63 bits per heavy atom. The van der Waals surface area contributed by atoms with Crippen molar-refractivity contribution in [3.63, 3.8) is 0 Å². The van der Waals surface area contributed by atoms with Crippen LogP contribution in [-0.4, -0.2) is 12.6 Å². The first-order valence-electron chi connectivity index (χ1n) is 7.38. The summed E-state index contributed by atoms with van der Waals surface area (Å²) in [4.78, 5) is 0. The van der Waals surface area contributed by atoms with E-state index in [1.54, 1.807) is 0 Å². The van der Waals surface area contributed by atoms with Crippen LogP contribution in [0.4, 0.5) is 0 Å². The Kier molecular flexibility index (Phi) is 3.72. The van der Waals surface area contributed by atoms with Crippen molar-refractivity contribution in [2.45, 2.75) is 56.6 Å². The van der Waals surface area contributed by atoms with E-state index in [4.69, 9.17) is 16.3 Å². The number of hydrogen-bond acceptors (Lipinski definition) is 2. The highest BCUT2D eigenvalue weighted by atomic mass is 35.5. The quantitative estimate of drug-likeness (QED) is 0.819. The molecule has 0 amide bonds. The van der Waals surface area contributed by atoms with Crippen molar-refractivity contribution >= 4 is 11.6 Å². The molecular weight excluding hydrogens is 258 g/mol. The second-order valence-corrected chi connectivity index (χ2v) is 6.36. The first-order valence-corrected chi connectivity index (χ1v) is 7.76. The van der Waals surface area contributed by atoms with Gasteiger partial charge in [-0.2, -0.15) is 0 Å². The molecule has 0 bridgehead atoms. The van der Waals surface area contributed by atoms with Crippen LogP contribution in [0.2, 0.25) is 5.02 Å². The van der Waals surface area contributed by atoms with E-state index in [-0.39, 0.29) is 5.60 Å². The van der Waals surface area contributed by atoms with E-state index in [1.807, 2.05) is 25.2 Å². The normalized spacial score (nSPS) is 25.5. The highest BCUT2D eigenvalue weighted by Gasteiger charge is 2.40.